The van der Waals surface area contributed by atoms with Crippen LogP contribution in [0, 0.1) is 0 Å². The quantitative estimate of drug-likeness (QED) is 0.347. The highest BCUT2D eigenvalue weighted by molar-refractivity contribution is 9.10. The summed E-state index contributed by atoms with van der Waals surface area (Å²) in [4.78, 5) is 28.9. The molecule has 2 saturated heterocycles. The summed E-state index contributed by atoms with van der Waals surface area (Å²) in [6, 6.07) is 13.6. The van der Waals surface area contributed by atoms with Crippen LogP contribution in [0.4, 0.5) is 0 Å². The predicted octanol–water partition coefficient (Wildman–Crippen LogP) is 1.35. The number of hydrogen-bond donors (Lipinski definition) is 1. The number of amides is 1. The average molecular weight is 550 g/mol. The third-order valence-corrected chi connectivity index (χ3v) is 6.79. The third kappa shape index (κ3) is 4.77. The number of carbonyl (C=O) groups excluding carboxylic acids is 2. The van der Waals surface area contributed by atoms with Gasteiger partial charge in [-0.15, -0.1) is 0 Å². The van der Waals surface area contributed by atoms with Gasteiger partial charge in [-0.1, -0.05) is 61.9 Å². The molecule has 2 aliphatic rings. The van der Waals surface area contributed by atoms with Crippen LogP contribution in [-0.4, -0.2) is 56.0 Å². The zero-order chi connectivity index (χ0) is 22.0. The van der Waals surface area contributed by atoms with Crippen LogP contribution in [0.3, 0.4) is 0 Å². The SMILES string of the molecule is O=C1C(=O)N(CC[NH+]2CCOCC2)C(c2ccc(Br)cc2)C1=C([O-])c1ccc(Br)cc1. The summed E-state index contributed by atoms with van der Waals surface area (Å²) in [5.74, 6) is -1.72. The van der Waals surface area contributed by atoms with Crippen LogP contribution >= 0.6 is 31.9 Å². The van der Waals surface area contributed by atoms with Gasteiger partial charge in [0.15, 0.2) is 0 Å². The number of quaternary nitrogens is 1. The Bertz CT molecular complexity index is 999. The maximum Gasteiger partial charge on any atom is 0.295 e. The van der Waals surface area contributed by atoms with E-state index in [-0.39, 0.29) is 5.57 Å². The van der Waals surface area contributed by atoms with Crippen molar-refractivity contribution >= 4 is 49.3 Å². The highest BCUT2D eigenvalue weighted by Crippen LogP contribution is 2.38. The van der Waals surface area contributed by atoms with Gasteiger partial charge < -0.3 is 19.6 Å². The maximum atomic E-state index is 13.3. The van der Waals surface area contributed by atoms with Gasteiger partial charge in [0.1, 0.15) is 13.1 Å². The number of rotatable bonds is 5. The van der Waals surface area contributed by atoms with Crippen LogP contribution in [0.15, 0.2) is 63.0 Å². The van der Waals surface area contributed by atoms with E-state index in [0.717, 1.165) is 27.6 Å². The summed E-state index contributed by atoms with van der Waals surface area (Å²) < 4.78 is 7.13. The van der Waals surface area contributed by atoms with Gasteiger partial charge in [-0.25, -0.2) is 0 Å². The number of ketones is 1. The Hall–Kier alpha value is -2.00. The van der Waals surface area contributed by atoms with E-state index in [9.17, 15) is 14.7 Å². The van der Waals surface area contributed by atoms with Crippen LogP contribution < -0.4 is 10.0 Å². The van der Waals surface area contributed by atoms with E-state index in [4.69, 9.17) is 4.74 Å². The van der Waals surface area contributed by atoms with E-state index in [1.807, 2.05) is 24.3 Å². The minimum absolute atomic E-state index is 0.0200. The van der Waals surface area contributed by atoms with Crippen LogP contribution in [0.2, 0.25) is 0 Å². The van der Waals surface area contributed by atoms with E-state index >= 15 is 0 Å². The predicted molar refractivity (Wildman–Crippen MR) is 121 cm³/mol. The van der Waals surface area contributed by atoms with E-state index in [1.165, 1.54) is 4.90 Å². The number of halogens is 2. The van der Waals surface area contributed by atoms with Gasteiger partial charge in [-0.2, -0.15) is 0 Å². The molecule has 0 aliphatic carbocycles. The van der Waals surface area contributed by atoms with Gasteiger partial charge in [0.2, 0.25) is 5.78 Å². The van der Waals surface area contributed by atoms with Crippen molar-refractivity contribution < 1.29 is 24.3 Å². The number of hydrogen-bond acceptors (Lipinski definition) is 4. The number of ether oxygens (including phenoxy) is 1. The third-order valence-electron chi connectivity index (χ3n) is 5.73. The molecule has 2 aliphatic heterocycles. The van der Waals surface area contributed by atoms with Crippen LogP contribution in [0.25, 0.3) is 5.76 Å². The Labute approximate surface area is 197 Å². The number of Topliss-reactive ketones (excluding diaryl/α,β-unsaturated/α-hetero) is 1. The minimum Gasteiger partial charge on any atom is -0.872 e. The van der Waals surface area contributed by atoms with Crippen molar-refractivity contribution in [3.8, 4) is 0 Å². The number of likely N-dealkylation sites (tertiary alicyclic amines) is 1. The number of benzene rings is 2. The number of nitrogens with one attached hydrogen (secondary N) is 1. The molecule has 2 aromatic rings. The summed E-state index contributed by atoms with van der Waals surface area (Å²) in [7, 11) is 0. The first-order valence-corrected chi connectivity index (χ1v) is 11.7. The summed E-state index contributed by atoms with van der Waals surface area (Å²) in [5, 5.41) is 13.3. The Morgan fingerprint density at radius 1 is 1.00 bits per heavy atom. The summed E-state index contributed by atoms with van der Waals surface area (Å²) in [6.45, 7) is 4.23. The second-order valence-corrected chi connectivity index (χ2v) is 9.48. The fourth-order valence-electron chi connectivity index (χ4n) is 4.04. The molecule has 1 amide bonds. The largest absolute Gasteiger partial charge is 0.872 e. The molecule has 2 aromatic carbocycles. The van der Waals surface area contributed by atoms with Crippen molar-refractivity contribution in [2.75, 3.05) is 39.4 Å². The summed E-state index contributed by atoms with van der Waals surface area (Å²) in [6.07, 6.45) is 0. The molecular weight excluding hydrogens is 528 g/mol. The van der Waals surface area contributed by atoms with Crippen molar-refractivity contribution in [1.29, 1.82) is 0 Å². The van der Waals surface area contributed by atoms with Crippen LogP contribution in [0.5, 0.6) is 0 Å². The van der Waals surface area contributed by atoms with Gasteiger partial charge >= 0.3 is 0 Å². The zero-order valence-corrected chi connectivity index (χ0v) is 19.9. The van der Waals surface area contributed by atoms with Crippen molar-refractivity contribution in [3.63, 3.8) is 0 Å². The van der Waals surface area contributed by atoms with E-state index in [2.05, 4.69) is 31.9 Å². The maximum absolute atomic E-state index is 13.3. The first-order valence-electron chi connectivity index (χ1n) is 10.1. The molecule has 0 radical (unpaired) electrons. The molecule has 31 heavy (non-hydrogen) atoms. The average Bonchev–Trinajstić information content (AvgIpc) is 3.04. The van der Waals surface area contributed by atoms with Gasteiger partial charge in [-0.05, 0) is 35.4 Å². The molecule has 0 bridgehead atoms. The van der Waals surface area contributed by atoms with Gasteiger partial charge in [0, 0.05) is 14.5 Å². The molecule has 6 nitrogen and oxygen atoms in total. The lowest BCUT2D eigenvalue weighted by Crippen LogP contribution is -3.14. The summed E-state index contributed by atoms with van der Waals surface area (Å²) in [5.41, 5.74) is 1.16. The Morgan fingerprint density at radius 3 is 2.19 bits per heavy atom. The molecule has 0 aromatic heterocycles. The summed E-state index contributed by atoms with van der Waals surface area (Å²) >= 11 is 6.78. The molecule has 1 unspecified atom stereocenters. The van der Waals surface area contributed by atoms with E-state index < -0.39 is 23.5 Å². The Balaban J connectivity index is 1.72. The molecule has 2 fully saturated rings. The Kier molecular flexibility index (Phi) is 6.91. The fourth-order valence-corrected chi connectivity index (χ4v) is 4.57. The second kappa shape index (κ2) is 9.65. The molecule has 0 spiro atoms. The van der Waals surface area contributed by atoms with E-state index in [0.29, 0.717) is 31.9 Å². The lowest BCUT2D eigenvalue weighted by molar-refractivity contribution is -0.907. The second-order valence-electron chi connectivity index (χ2n) is 7.64. The van der Waals surface area contributed by atoms with Crippen LogP contribution in [0.1, 0.15) is 17.2 Å². The van der Waals surface area contributed by atoms with Crippen molar-refractivity contribution in [3.05, 3.63) is 74.2 Å². The highest BCUT2D eigenvalue weighted by Gasteiger charge is 2.44. The van der Waals surface area contributed by atoms with Crippen LogP contribution in [-0.2, 0) is 14.3 Å². The molecule has 0 saturated carbocycles. The molecule has 8 heteroatoms. The molecular formula is C23H22Br2N2O4. The molecule has 4 rings (SSSR count). The molecule has 1 N–H and O–H groups in total. The standard InChI is InChI=1S/C23H22Br2N2O4/c24-17-5-1-15(2-6-17)20-19(21(28)16-3-7-18(25)8-4-16)22(29)23(30)27(20)10-9-26-11-13-31-14-12-26/h1-8,20,28H,9-14H2. The van der Waals surface area contributed by atoms with Crippen molar-refractivity contribution in [1.82, 2.24) is 4.90 Å². The molecule has 2 heterocycles. The van der Waals surface area contributed by atoms with Gasteiger partial charge in [0.25, 0.3) is 5.91 Å². The van der Waals surface area contributed by atoms with Gasteiger partial charge in [-0.3, -0.25) is 9.59 Å². The Morgan fingerprint density at radius 2 is 1.58 bits per heavy atom. The number of carbonyl (C=O) groups is 2. The monoisotopic (exact) mass is 548 g/mol. The number of nitrogens with zero attached hydrogens (tertiary/aromatic N) is 1. The fraction of sp³-hybridized carbons (Fsp3) is 0.304. The first kappa shape index (κ1) is 22.2. The van der Waals surface area contributed by atoms with Crippen molar-refractivity contribution in [2.45, 2.75) is 6.04 Å². The molecule has 162 valence electrons. The normalized spacial score (nSPS) is 21.6. The lowest BCUT2D eigenvalue weighted by Gasteiger charge is -2.30. The smallest absolute Gasteiger partial charge is 0.295 e. The zero-order valence-electron chi connectivity index (χ0n) is 16.8. The minimum atomic E-state index is -0.710. The highest BCUT2D eigenvalue weighted by atomic mass is 79.9. The molecule has 1 atom stereocenters. The first-order chi connectivity index (χ1) is 15.0. The number of morpholine rings is 1. The van der Waals surface area contributed by atoms with E-state index in [1.54, 1.807) is 29.2 Å². The van der Waals surface area contributed by atoms with Crippen molar-refractivity contribution in [2.24, 2.45) is 0 Å². The van der Waals surface area contributed by atoms with Gasteiger partial charge in [0.05, 0.1) is 32.3 Å². The lowest BCUT2D eigenvalue weighted by atomic mass is 9.95. The topological polar surface area (TPSA) is 74.1 Å².